The van der Waals surface area contributed by atoms with Gasteiger partial charge in [-0.3, -0.25) is 19.7 Å². The molecule has 2 atom stereocenters. The monoisotopic (exact) mass is 585 g/mol. The van der Waals surface area contributed by atoms with Gasteiger partial charge in [0.05, 0.1) is 21.6 Å². The molecule has 0 saturated heterocycles. The zero-order valence-corrected chi connectivity index (χ0v) is 22.1. The first-order valence-electron chi connectivity index (χ1n) is 10.4. The third-order valence-electron chi connectivity index (χ3n) is 5.73. The van der Waals surface area contributed by atoms with Crippen molar-refractivity contribution in [3.8, 4) is 0 Å². The van der Waals surface area contributed by atoms with Gasteiger partial charge in [0.2, 0.25) is 5.91 Å². The fraction of sp³-hybridized carbons (Fsp3) is 0.167. The average Bonchev–Trinajstić information content (AvgIpc) is 3.37. The fourth-order valence-electron chi connectivity index (χ4n) is 3.95. The number of nitrogens with zero attached hydrogens (tertiary/aromatic N) is 1. The standard InChI is InChI=1S/C24H16Cl5N3O4/c1-11-6-16(32(35)36)3-4-17(11)22(33)31-19-10-15(2-5-18(19)27)30-23(34)21-20(24(21,28)29)12-7-13(25)9-14(26)8-12/h2-10,20-21H,1H3,(H,30,34)(H,31,33)/t20-,21+/m0/s1. The largest absolute Gasteiger partial charge is 0.326 e. The maximum atomic E-state index is 13.0. The minimum absolute atomic E-state index is 0.125. The summed E-state index contributed by atoms with van der Waals surface area (Å²) in [4.78, 5) is 36.2. The van der Waals surface area contributed by atoms with Crippen LogP contribution in [-0.4, -0.2) is 21.1 Å². The third kappa shape index (κ3) is 5.41. The van der Waals surface area contributed by atoms with Gasteiger partial charge in [0, 0.05) is 39.3 Å². The summed E-state index contributed by atoms with van der Waals surface area (Å²) in [5.41, 5.74) is 1.75. The van der Waals surface area contributed by atoms with Gasteiger partial charge in [-0.05, 0) is 60.5 Å². The predicted octanol–water partition coefficient (Wildman–Crippen LogP) is 7.64. The van der Waals surface area contributed by atoms with Gasteiger partial charge in [0.15, 0.2) is 0 Å². The summed E-state index contributed by atoms with van der Waals surface area (Å²) in [6, 6.07) is 13.3. The van der Waals surface area contributed by atoms with Crippen molar-refractivity contribution in [3.05, 3.63) is 96.5 Å². The summed E-state index contributed by atoms with van der Waals surface area (Å²) in [6.07, 6.45) is 0. The van der Waals surface area contributed by atoms with Crippen LogP contribution in [0.25, 0.3) is 0 Å². The Labute approximate surface area is 230 Å². The quantitative estimate of drug-likeness (QED) is 0.176. The number of aryl methyl sites for hydroxylation is 1. The van der Waals surface area contributed by atoms with Gasteiger partial charge in [0.1, 0.15) is 4.33 Å². The van der Waals surface area contributed by atoms with Crippen LogP contribution in [0.2, 0.25) is 15.1 Å². The number of carbonyl (C=O) groups is 2. The highest BCUT2D eigenvalue weighted by atomic mass is 35.5. The van der Waals surface area contributed by atoms with Crippen molar-refractivity contribution < 1.29 is 14.5 Å². The molecule has 0 spiro atoms. The number of rotatable bonds is 6. The predicted molar refractivity (Wildman–Crippen MR) is 143 cm³/mol. The van der Waals surface area contributed by atoms with Gasteiger partial charge in [-0.15, -0.1) is 23.2 Å². The number of hydrogen-bond donors (Lipinski definition) is 2. The maximum absolute atomic E-state index is 13.0. The van der Waals surface area contributed by atoms with E-state index in [4.69, 9.17) is 58.0 Å². The van der Waals surface area contributed by atoms with E-state index in [-0.39, 0.29) is 22.0 Å². The molecule has 4 rings (SSSR count). The number of alkyl halides is 2. The normalized spacial score (nSPS) is 17.8. The molecule has 2 amide bonds. The van der Waals surface area contributed by atoms with Crippen LogP contribution in [0, 0.1) is 23.0 Å². The first-order chi connectivity index (χ1) is 16.9. The molecule has 36 heavy (non-hydrogen) atoms. The molecule has 0 bridgehead atoms. The molecule has 7 nitrogen and oxygen atoms in total. The van der Waals surface area contributed by atoms with Gasteiger partial charge in [-0.25, -0.2) is 0 Å². The number of nitro benzene ring substituents is 1. The lowest BCUT2D eigenvalue weighted by Crippen LogP contribution is -2.18. The number of nitrogens with one attached hydrogen (secondary N) is 2. The zero-order valence-electron chi connectivity index (χ0n) is 18.3. The van der Waals surface area contributed by atoms with Gasteiger partial charge >= 0.3 is 0 Å². The minimum atomic E-state index is -1.35. The van der Waals surface area contributed by atoms with Crippen LogP contribution in [0.4, 0.5) is 17.1 Å². The minimum Gasteiger partial charge on any atom is -0.326 e. The van der Waals surface area contributed by atoms with Crippen LogP contribution in [0.1, 0.15) is 27.4 Å². The second-order valence-electron chi connectivity index (χ2n) is 8.23. The number of non-ortho nitro benzene ring substituents is 1. The van der Waals surface area contributed by atoms with Crippen LogP contribution in [0.5, 0.6) is 0 Å². The first-order valence-corrected chi connectivity index (χ1v) is 12.3. The molecule has 3 aromatic carbocycles. The van der Waals surface area contributed by atoms with Crippen LogP contribution >= 0.6 is 58.0 Å². The van der Waals surface area contributed by atoms with Gasteiger partial charge < -0.3 is 10.6 Å². The molecular weight excluding hydrogens is 572 g/mol. The summed E-state index contributed by atoms with van der Waals surface area (Å²) in [7, 11) is 0. The van der Waals surface area contributed by atoms with Crippen molar-refractivity contribution in [2.45, 2.75) is 17.2 Å². The highest BCUT2D eigenvalue weighted by Gasteiger charge is 2.67. The Hall–Kier alpha value is -2.55. The highest BCUT2D eigenvalue weighted by Crippen LogP contribution is 2.65. The van der Waals surface area contributed by atoms with Gasteiger partial charge in [-0.1, -0.05) is 34.8 Å². The number of anilines is 2. The van der Waals surface area contributed by atoms with Crippen LogP contribution in [0.3, 0.4) is 0 Å². The van der Waals surface area contributed by atoms with Crippen molar-refractivity contribution in [2.24, 2.45) is 5.92 Å². The van der Waals surface area contributed by atoms with E-state index in [2.05, 4.69) is 10.6 Å². The van der Waals surface area contributed by atoms with E-state index in [1.165, 1.54) is 30.3 Å². The Morgan fingerprint density at radius 3 is 2.22 bits per heavy atom. The van der Waals surface area contributed by atoms with E-state index in [0.717, 1.165) is 0 Å². The SMILES string of the molecule is Cc1cc([N+](=O)[O-])ccc1C(=O)Nc1cc(NC(=O)[C@H]2[C@H](c3cc(Cl)cc(Cl)c3)C2(Cl)Cl)ccc1Cl. The Morgan fingerprint density at radius 2 is 1.61 bits per heavy atom. The molecule has 2 N–H and O–H groups in total. The van der Waals surface area contributed by atoms with E-state index in [1.54, 1.807) is 31.2 Å². The Kier molecular flexibility index (Phi) is 7.42. The smallest absolute Gasteiger partial charge is 0.269 e. The molecule has 0 radical (unpaired) electrons. The number of nitro groups is 1. The lowest BCUT2D eigenvalue weighted by Gasteiger charge is -2.12. The summed E-state index contributed by atoms with van der Waals surface area (Å²) in [5, 5.41) is 17.4. The topological polar surface area (TPSA) is 101 Å². The molecule has 3 aromatic rings. The molecule has 1 saturated carbocycles. The van der Waals surface area contributed by atoms with E-state index >= 15 is 0 Å². The highest BCUT2D eigenvalue weighted by molar-refractivity contribution is 6.53. The van der Waals surface area contributed by atoms with Gasteiger partial charge in [-0.2, -0.15) is 0 Å². The lowest BCUT2D eigenvalue weighted by molar-refractivity contribution is -0.384. The lowest BCUT2D eigenvalue weighted by atomic mass is 10.1. The fourth-order valence-corrected chi connectivity index (χ4v) is 5.48. The number of carbonyl (C=O) groups excluding carboxylic acids is 2. The third-order valence-corrected chi connectivity index (χ3v) is 7.43. The van der Waals surface area contributed by atoms with Crippen LogP contribution in [0.15, 0.2) is 54.6 Å². The van der Waals surface area contributed by atoms with E-state index < -0.39 is 32.9 Å². The molecule has 1 aliphatic carbocycles. The van der Waals surface area contributed by atoms with Crippen LogP contribution < -0.4 is 10.6 Å². The van der Waals surface area contributed by atoms with E-state index in [1.807, 2.05) is 0 Å². The van der Waals surface area contributed by atoms with E-state index in [0.29, 0.717) is 26.9 Å². The molecule has 0 heterocycles. The first kappa shape index (κ1) is 26.5. The van der Waals surface area contributed by atoms with Crippen LogP contribution in [-0.2, 0) is 4.79 Å². The number of amides is 2. The van der Waals surface area contributed by atoms with Crippen molar-refractivity contribution in [3.63, 3.8) is 0 Å². The Balaban J connectivity index is 1.50. The molecule has 0 unspecified atom stereocenters. The summed E-state index contributed by atoms with van der Waals surface area (Å²) >= 11 is 31.2. The molecule has 1 aliphatic rings. The Bertz CT molecular complexity index is 1390. The molecule has 186 valence electrons. The second kappa shape index (κ2) is 10.1. The second-order valence-corrected chi connectivity index (χ2v) is 11.0. The molecule has 12 heteroatoms. The van der Waals surface area contributed by atoms with Crippen molar-refractivity contribution >= 4 is 86.9 Å². The van der Waals surface area contributed by atoms with Crippen molar-refractivity contribution in [1.82, 2.24) is 0 Å². The number of benzene rings is 3. The molecular formula is C24H16Cl5N3O4. The summed E-state index contributed by atoms with van der Waals surface area (Å²) < 4.78 is -1.35. The van der Waals surface area contributed by atoms with Gasteiger partial charge in [0.25, 0.3) is 11.6 Å². The molecule has 1 fully saturated rings. The number of hydrogen-bond acceptors (Lipinski definition) is 4. The number of halogens is 5. The van der Waals surface area contributed by atoms with Crippen molar-refractivity contribution in [2.75, 3.05) is 10.6 Å². The molecule has 0 aliphatic heterocycles. The maximum Gasteiger partial charge on any atom is 0.269 e. The zero-order chi connectivity index (χ0) is 26.4. The van der Waals surface area contributed by atoms with Crippen molar-refractivity contribution in [1.29, 1.82) is 0 Å². The summed E-state index contributed by atoms with van der Waals surface area (Å²) in [6.45, 7) is 1.59. The molecule has 0 aromatic heterocycles. The average molecular weight is 588 g/mol. The Morgan fingerprint density at radius 1 is 0.944 bits per heavy atom. The summed E-state index contributed by atoms with van der Waals surface area (Å²) in [5.74, 6) is -2.25. The van der Waals surface area contributed by atoms with E-state index in [9.17, 15) is 19.7 Å².